The lowest BCUT2D eigenvalue weighted by Crippen LogP contribution is -2.51. The van der Waals surface area contributed by atoms with Crippen LogP contribution in [0.3, 0.4) is 0 Å². The van der Waals surface area contributed by atoms with Crippen LogP contribution in [-0.2, 0) is 17.6 Å². The summed E-state index contributed by atoms with van der Waals surface area (Å²) in [5, 5.41) is 4.68. The predicted octanol–water partition coefficient (Wildman–Crippen LogP) is 2.28. The number of rotatable bonds is 3. The highest BCUT2D eigenvalue weighted by Crippen LogP contribution is 2.28. The minimum absolute atomic E-state index is 0.0358. The van der Waals surface area contributed by atoms with Crippen molar-refractivity contribution in [1.82, 2.24) is 19.6 Å². The van der Waals surface area contributed by atoms with E-state index in [1.807, 2.05) is 35.0 Å². The first-order valence-corrected chi connectivity index (χ1v) is 9.56. The van der Waals surface area contributed by atoms with Gasteiger partial charge in [0.2, 0.25) is 0 Å². The Morgan fingerprint density at radius 3 is 2.44 bits per heavy atom. The fraction of sp³-hybridized carbons (Fsp3) is 0.450. The third-order valence-corrected chi connectivity index (χ3v) is 5.23. The molecular weight excluding hydrogens is 344 g/mol. The van der Waals surface area contributed by atoms with Crippen LogP contribution >= 0.6 is 0 Å². The van der Waals surface area contributed by atoms with Gasteiger partial charge in [0.25, 0.3) is 5.91 Å². The van der Waals surface area contributed by atoms with Crippen LogP contribution in [0.1, 0.15) is 35.1 Å². The van der Waals surface area contributed by atoms with E-state index in [0.29, 0.717) is 38.5 Å². The number of para-hydroxylation sites is 1. The van der Waals surface area contributed by atoms with E-state index < -0.39 is 0 Å². The fourth-order valence-corrected chi connectivity index (χ4v) is 3.85. The third-order valence-electron chi connectivity index (χ3n) is 5.23. The van der Waals surface area contributed by atoms with Gasteiger partial charge in [-0.15, -0.1) is 0 Å². The molecule has 1 saturated heterocycles. The molecule has 0 atom stereocenters. The molecule has 2 heterocycles. The fourth-order valence-electron chi connectivity index (χ4n) is 3.85. The largest absolute Gasteiger partial charge is 0.450 e. The van der Waals surface area contributed by atoms with Gasteiger partial charge in [-0.2, -0.15) is 5.10 Å². The molecular formula is C20H24N4O3. The van der Waals surface area contributed by atoms with Gasteiger partial charge in [-0.05, 0) is 38.3 Å². The topological polar surface area (TPSA) is 67.7 Å². The summed E-state index contributed by atoms with van der Waals surface area (Å²) in [5.74, 6) is -0.0358. The number of hydrogen-bond donors (Lipinski definition) is 0. The first-order chi connectivity index (χ1) is 13.2. The van der Waals surface area contributed by atoms with E-state index in [1.54, 1.807) is 16.7 Å². The van der Waals surface area contributed by atoms with Crippen molar-refractivity contribution >= 4 is 12.0 Å². The molecule has 0 bridgehead atoms. The first kappa shape index (κ1) is 17.6. The van der Waals surface area contributed by atoms with Crippen LogP contribution in [0.15, 0.2) is 30.3 Å². The molecule has 7 heteroatoms. The number of amides is 2. The molecule has 1 aromatic heterocycles. The van der Waals surface area contributed by atoms with Gasteiger partial charge >= 0.3 is 6.09 Å². The Balaban J connectivity index is 1.53. The smallest absolute Gasteiger partial charge is 0.409 e. The minimum atomic E-state index is -0.307. The van der Waals surface area contributed by atoms with Gasteiger partial charge in [-0.25, -0.2) is 9.48 Å². The molecule has 1 aliphatic heterocycles. The second-order valence-corrected chi connectivity index (χ2v) is 6.85. The van der Waals surface area contributed by atoms with Crippen LogP contribution in [-0.4, -0.2) is 64.4 Å². The molecule has 2 aromatic rings. The van der Waals surface area contributed by atoms with Crippen molar-refractivity contribution in [2.24, 2.45) is 0 Å². The monoisotopic (exact) mass is 368 g/mol. The molecule has 1 aromatic carbocycles. The lowest BCUT2D eigenvalue weighted by molar-refractivity contribution is 0.0564. The Kier molecular flexibility index (Phi) is 4.83. The minimum Gasteiger partial charge on any atom is -0.450 e. The lowest BCUT2D eigenvalue weighted by atomic mass is 10.1. The average Bonchev–Trinajstić information content (AvgIpc) is 3.31. The first-order valence-electron chi connectivity index (χ1n) is 9.56. The summed E-state index contributed by atoms with van der Waals surface area (Å²) < 4.78 is 6.96. The molecule has 0 radical (unpaired) electrons. The van der Waals surface area contributed by atoms with Crippen molar-refractivity contribution in [3.8, 4) is 5.69 Å². The van der Waals surface area contributed by atoms with Crippen molar-refractivity contribution in [3.05, 3.63) is 47.3 Å². The molecule has 2 amide bonds. The molecule has 7 nitrogen and oxygen atoms in total. The number of piperazine rings is 1. The van der Waals surface area contributed by atoms with Crippen molar-refractivity contribution in [2.45, 2.75) is 26.2 Å². The van der Waals surface area contributed by atoms with Gasteiger partial charge in [-0.3, -0.25) is 4.79 Å². The average molecular weight is 368 g/mol. The van der Waals surface area contributed by atoms with E-state index in [9.17, 15) is 9.59 Å². The van der Waals surface area contributed by atoms with E-state index in [4.69, 9.17) is 4.74 Å². The zero-order chi connectivity index (χ0) is 18.8. The van der Waals surface area contributed by atoms with E-state index >= 15 is 0 Å². The van der Waals surface area contributed by atoms with Gasteiger partial charge in [0.05, 0.1) is 12.3 Å². The van der Waals surface area contributed by atoms with Gasteiger partial charge in [0.15, 0.2) is 5.69 Å². The number of hydrogen-bond acceptors (Lipinski definition) is 4. The number of benzene rings is 1. The summed E-state index contributed by atoms with van der Waals surface area (Å²) in [7, 11) is 0. The summed E-state index contributed by atoms with van der Waals surface area (Å²) in [4.78, 5) is 28.4. The molecule has 0 saturated carbocycles. The second kappa shape index (κ2) is 7.42. The van der Waals surface area contributed by atoms with Gasteiger partial charge in [0.1, 0.15) is 0 Å². The number of fused-ring (bicyclic) bond motifs is 1. The molecule has 1 aliphatic carbocycles. The predicted molar refractivity (Wildman–Crippen MR) is 100 cm³/mol. The molecule has 27 heavy (non-hydrogen) atoms. The molecule has 1 fully saturated rings. The molecule has 0 spiro atoms. The van der Waals surface area contributed by atoms with E-state index in [1.165, 1.54) is 0 Å². The maximum atomic E-state index is 13.1. The molecule has 4 rings (SSSR count). The molecule has 0 N–H and O–H groups in total. The zero-order valence-electron chi connectivity index (χ0n) is 15.6. The summed E-state index contributed by atoms with van der Waals surface area (Å²) in [6.07, 6.45) is 2.59. The zero-order valence-corrected chi connectivity index (χ0v) is 15.6. The Morgan fingerprint density at radius 2 is 1.74 bits per heavy atom. The Hall–Kier alpha value is -2.83. The Morgan fingerprint density at radius 1 is 1.04 bits per heavy atom. The van der Waals surface area contributed by atoms with Crippen LogP contribution in [0.4, 0.5) is 4.79 Å². The SMILES string of the molecule is CCOC(=O)N1CCN(C(=O)c2nn(-c3ccccc3)c3c2CCC3)CC1. The van der Waals surface area contributed by atoms with E-state index in [-0.39, 0.29) is 12.0 Å². The van der Waals surface area contributed by atoms with Crippen LogP contribution in [0.2, 0.25) is 0 Å². The van der Waals surface area contributed by atoms with Crippen LogP contribution in [0.25, 0.3) is 5.69 Å². The van der Waals surface area contributed by atoms with Crippen molar-refractivity contribution in [3.63, 3.8) is 0 Å². The number of nitrogens with zero attached hydrogens (tertiary/aromatic N) is 4. The van der Waals surface area contributed by atoms with Crippen molar-refractivity contribution in [1.29, 1.82) is 0 Å². The van der Waals surface area contributed by atoms with Gasteiger partial charge in [0, 0.05) is 37.4 Å². The summed E-state index contributed by atoms with van der Waals surface area (Å²) in [6, 6.07) is 9.96. The number of aromatic nitrogens is 2. The van der Waals surface area contributed by atoms with E-state index in [2.05, 4.69) is 5.10 Å². The highest BCUT2D eigenvalue weighted by atomic mass is 16.6. The van der Waals surface area contributed by atoms with Crippen molar-refractivity contribution in [2.75, 3.05) is 32.8 Å². The van der Waals surface area contributed by atoms with Crippen molar-refractivity contribution < 1.29 is 14.3 Å². The van der Waals surface area contributed by atoms with Crippen LogP contribution < -0.4 is 0 Å². The second-order valence-electron chi connectivity index (χ2n) is 6.85. The summed E-state index contributed by atoms with van der Waals surface area (Å²) >= 11 is 0. The van der Waals surface area contributed by atoms with E-state index in [0.717, 1.165) is 36.2 Å². The van der Waals surface area contributed by atoms with Gasteiger partial charge in [-0.1, -0.05) is 18.2 Å². The Labute approximate surface area is 158 Å². The highest BCUT2D eigenvalue weighted by Gasteiger charge is 2.32. The number of ether oxygens (including phenoxy) is 1. The third kappa shape index (κ3) is 3.29. The number of carbonyl (C=O) groups is 2. The molecule has 2 aliphatic rings. The maximum Gasteiger partial charge on any atom is 0.409 e. The number of carbonyl (C=O) groups excluding carboxylic acids is 2. The summed E-state index contributed by atoms with van der Waals surface area (Å²) in [6.45, 7) is 4.15. The molecule has 142 valence electrons. The highest BCUT2D eigenvalue weighted by molar-refractivity contribution is 5.94. The standard InChI is InChI=1S/C20H24N4O3/c1-2-27-20(26)23-13-11-22(12-14-23)19(25)18-16-9-6-10-17(16)24(21-18)15-7-4-3-5-8-15/h3-5,7-8H,2,6,9-14H2,1H3. The molecule has 0 unspecified atom stereocenters. The lowest BCUT2D eigenvalue weighted by Gasteiger charge is -2.33. The summed E-state index contributed by atoms with van der Waals surface area (Å²) in [5.41, 5.74) is 3.78. The van der Waals surface area contributed by atoms with Crippen LogP contribution in [0, 0.1) is 0 Å². The van der Waals surface area contributed by atoms with Gasteiger partial charge < -0.3 is 14.5 Å². The quantitative estimate of drug-likeness (QED) is 0.834. The van der Waals surface area contributed by atoms with Crippen LogP contribution in [0.5, 0.6) is 0 Å². The maximum absolute atomic E-state index is 13.1. The normalized spacial score (nSPS) is 16.3. The Bertz CT molecular complexity index is 838.